The van der Waals surface area contributed by atoms with Crippen LogP contribution in [0.25, 0.3) is 5.57 Å². The van der Waals surface area contributed by atoms with Crippen molar-refractivity contribution in [2.75, 3.05) is 13.2 Å². The number of esters is 2. The summed E-state index contributed by atoms with van der Waals surface area (Å²) in [6, 6.07) is 18.1. The van der Waals surface area contributed by atoms with Crippen LogP contribution in [0, 0.1) is 16.7 Å². The van der Waals surface area contributed by atoms with Crippen molar-refractivity contribution < 1.29 is 24.2 Å². The van der Waals surface area contributed by atoms with Crippen LogP contribution in [-0.4, -0.2) is 30.3 Å². The van der Waals surface area contributed by atoms with Crippen molar-refractivity contribution in [3.63, 3.8) is 0 Å². The predicted octanol–water partition coefficient (Wildman–Crippen LogP) is 4.75. The Morgan fingerprint density at radius 2 is 1.64 bits per heavy atom. The van der Waals surface area contributed by atoms with E-state index < -0.39 is 23.5 Å². The molecular weight excluding hydrogens is 418 g/mol. The summed E-state index contributed by atoms with van der Waals surface area (Å²) in [5.41, 5.74) is 1.73. The highest BCUT2D eigenvalue weighted by Crippen LogP contribution is 2.29. The molecule has 1 N–H and O–H groups in total. The van der Waals surface area contributed by atoms with Crippen LogP contribution in [-0.2, 0) is 19.1 Å². The zero-order chi connectivity index (χ0) is 24.4. The number of nitrogens with zero attached hydrogens (tertiary/aromatic N) is 1. The molecule has 0 fully saturated rings. The van der Waals surface area contributed by atoms with E-state index in [-0.39, 0.29) is 25.2 Å². The Morgan fingerprint density at radius 3 is 2.18 bits per heavy atom. The summed E-state index contributed by atoms with van der Waals surface area (Å²) >= 11 is 0. The maximum absolute atomic E-state index is 13.0. The van der Waals surface area contributed by atoms with Crippen molar-refractivity contribution in [3.8, 4) is 6.07 Å². The average Bonchev–Trinajstić information content (AvgIpc) is 2.80. The minimum absolute atomic E-state index is 0.0403. The zero-order valence-electron chi connectivity index (χ0n) is 19.2. The molecule has 2 aromatic rings. The number of nitriles is 1. The van der Waals surface area contributed by atoms with Crippen LogP contribution >= 0.6 is 0 Å². The lowest BCUT2D eigenvalue weighted by Gasteiger charge is -2.23. The van der Waals surface area contributed by atoms with E-state index in [1.54, 1.807) is 45.0 Å². The number of carbonyl (C=O) groups is 2. The van der Waals surface area contributed by atoms with E-state index in [9.17, 15) is 20.0 Å². The summed E-state index contributed by atoms with van der Waals surface area (Å²) in [5, 5.41) is 19.7. The first kappa shape index (κ1) is 25.6. The zero-order valence-corrected chi connectivity index (χ0v) is 19.2. The second-order valence-electron chi connectivity index (χ2n) is 8.42. The Balaban J connectivity index is 2.32. The fourth-order valence-electron chi connectivity index (χ4n) is 3.02. The number of ether oxygens (including phenoxy) is 2. The molecule has 33 heavy (non-hydrogen) atoms. The fraction of sp³-hybridized carbons (Fsp3) is 0.296. The van der Waals surface area contributed by atoms with Crippen molar-refractivity contribution in [2.45, 2.75) is 33.3 Å². The first-order chi connectivity index (χ1) is 15.7. The quantitative estimate of drug-likeness (QED) is 0.244. The van der Waals surface area contributed by atoms with Crippen LogP contribution in [0.15, 0.2) is 72.8 Å². The van der Waals surface area contributed by atoms with Gasteiger partial charge in [0.05, 0.1) is 19.1 Å². The SMILES string of the molecule is C=CCC(=O)OCC(C)(C)COC(=O)/C(C#N)=C(\c1ccccc1)c1ccc(C(C)O)cc1. The van der Waals surface area contributed by atoms with Crippen LogP contribution in [0.3, 0.4) is 0 Å². The van der Waals surface area contributed by atoms with Gasteiger partial charge in [-0.05, 0) is 23.6 Å². The van der Waals surface area contributed by atoms with Gasteiger partial charge in [0.2, 0.25) is 0 Å². The molecule has 0 aromatic heterocycles. The second kappa shape index (κ2) is 11.8. The van der Waals surface area contributed by atoms with Crippen molar-refractivity contribution >= 4 is 17.5 Å². The third kappa shape index (κ3) is 7.44. The van der Waals surface area contributed by atoms with E-state index in [2.05, 4.69) is 6.58 Å². The molecule has 6 nitrogen and oxygen atoms in total. The normalized spacial score (nSPS) is 12.7. The van der Waals surface area contributed by atoms with E-state index in [1.807, 2.05) is 36.4 Å². The molecule has 0 aliphatic rings. The molecule has 0 saturated carbocycles. The van der Waals surface area contributed by atoms with Crippen LogP contribution < -0.4 is 0 Å². The minimum Gasteiger partial charge on any atom is -0.465 e. The Kier molecular flexibility index (Phi) is 9.14. The van der Waals surface area contributed by atoms with E-state index in [0.717, 1.165) is 5.56 Å². The number of aliphatic hydroxyl groups excluding tert-OH is 1. The van der Waals surface area contributed by atoms with Gasteiger partial charge in [0.25, 0.3) is 0 Å². The Bertz CT molecular complexity index is 1040. The average molecular weight is 448 g/mol. The lowest BCUT2D eigenvalue weighted by Crippen LogP contribution is -2.29. The standard InChI is InChI=1S/C27H29NO5/c1-5-9-24(30)32-17-27(3,4)18-33-26(31)23(16-28)25(21-10-7-6-8-11-21)22-14-12-20(13-15-22)19(2)29/h5-8,10-15,19,29H,1,9,17-18H2,2-4H3/b25-23+. The van der Waals surface area contributed by atoms with Crippen molar-refractivity contribution in [3.05, 3.63) is 89.5 Å². The smallest absolute Gasteiger partial charge is 0.349 e. The van der Waals surface area contributed by atoms with Gasteiger partial charge >= 0.3 is 11.9 Å². The highest BCUT2D eigenvalue weighted by atomic mass is 16.5. The predicted molar refractivity (Wildman–Crippen MR) is 126 cm³/mol. The van der Waals surface area contributed by atoms with Gasteiger partial charge in [-0.3, -0.25) is 4.79 Å². The van der Waals surface area contributed by atoms with Crippen LogP contribution in [0.5, 0.6) is 0 Å². The number of hydrogen-bond acceptors (Lipinski definition) is 6. The third-order valence-electron chi connectivity index (χ3n) is 4.84. The lowest BCUT2D eigenvalue weighted by molar-refractivity contribution is -0.149. The molecule has 1 atom stereocenters. The van der Waals surface area contributed by atoms with Gasteiger partial charge in [-0.25, -0.2) is 4.79 Å². The summed E-state index contributed by atoms with van der Waals surface area (Å²) in [6.07, 6.45) is 0.926. The second-order valence-corrected chi connectivity index (χ2v) is 8.42. The monoisotopic (exact) mass is 447 g/mol. The summed E-state index contributed by atoms with van der Waals surface area (Å²) in [4.78, 5) is 24.5. The maximum atomic E-state index is 13.0. The number of hydrogen-bond donors (Lipinski definition) is 1. The molecule has 0 aliphatic carbocycles. The molecule has 0 spiro atoms. The van der Waals surface area contributed by atoms with Gasteiger partial charge < -0.3 is 14.6 Å². The summed E-state index contributed by atoms with van der Waals surface area (Å²) < 4.78 is 10.7. The van der Waals surface area contributed by atoms with Gasteiger partial charge in [-0.15, -0.1) is 6.58 Å². The maximum Gasteiger partial charge on any atom is 0.349 e. The Labute approximate surface area is 194 Å². The van der Waals surface area contributed by atoms with Gasteiger partial charge in [0.1, 0.15) is 18.2 Å². The molecule has 2 aromatic carbocycles. The van der Waals surface area contributed by atoms with E-state index in [4.69, 9.17) is 9.47 Å². The Morgan fingerprint density at radius 1 is 1.06 bits per heavy atom. The molecule has 0 aliphatic heterocycles. The third-order valence-corrected chi connectivity index (χ3v) is 4.84. The van der Waals surface area contributed by atoms with Crippen molar-refractivity contribution in [1.82, 2.24) is 0 Å². The molecule has 0 radical (unpaired) electrons. The van der Waals surface area contributed by atoms with Crippen LogP contribution in [0.2, 0.25) is 0 Å². The van der Waals surface area contributed by atoms with Gasteiger partial charge in [-0.1, -0.05) is 74.5 Å². The molecular formula is C27H29NO5. The largest absolute Gasteiger partial charge is 0.465 e. The van der Waals surface area contributed by atoms with Crippen LogP contribution in [0.1, 0.15) is 50.0 Å². The van der Waals surface area contributed by atoms with E-state index in [1.165, 1.54) is 6.08 Å². The first-order valence-electron chi connectivity index (χ1n) is 10.6. The summed E-state index contributed by atoms with van der Waals surface area (Å²) in [6.45, 7) is 8.77. The summed E-state index contributed by atoms with van der Waals surface area (Å²) in [5.74, 6) is -1.17. The molecule has 2 rings (SSSR count). The summed E-state index contributed by atoms with van der Waals surface area (Å²) in [7, 11) is 0. The van der Waals surface area contributed by atoms with Crippen molar-refractivity contribution in [1.29, 1.82) is 5.26 Å². The minimum atomic E-state index is -0.763. The number of benzene rings is 2. The molecule has 6 heteroatoms. The Hall–Kier alpha value is -3.69. The highest BCUT2D eigenvalue weighted by molar-refractivity contribution is 6.05. The van der Waals surface area contributed by atoms with Crippen LogP contribution in [0.4, 0.5) is 0 Å². The molecule has 0 heterocycles. The van der Waals surface area contributed by atoms with Gasteiger partial charge in [0.15, 0.2) is 0 Å². The lowest BCUT2D eigenvalue weighted by atomic mass is 9.92. The number of aliphatic hydroxyl groups is 1. The fourth-order valence-corrected chi connectivity index (χ4v) is 3.02. The van der Waals surface area contributed by atoms with Crippen molar-refractivity contribution in [2.24, 2.45) is 5.41 Å². The molecule has 1 unspecified atom stereocenters. The molecule has 0 amide bonds. The number of rotatable bonds is 10. The van der Waals surface area contributed by atoms with Gasteiger partial charge in [0, 0.05) is 11.0 Å². The van der Waals surface area contributed by atoms with E-state index >= 15 is 0 Å². The van der Waals surface area contributed by atoms with E-state index in [0.29, 0.717) is 16.7 Å². The topological polar surface area (TPSA) is 96.6 Å². The van der Waals surface area contributed by atoms with Gasteiger partial charge in [-0.2, -0.15) is 5.26 Å². The molecule has 0 bridgehead atoms. The number of carbonyl (C=O) groups excluding carboxylic acids is 2. The highest BCUT2D eigenvalue weighted by Gasteiger charge is 2.26. The molecule has 172 valence electrons. The first-order valence-corrected chi connectivity index (χ1v) is 10.6. The molecule has 0 saturated heterocycles.